The Morgan fingerprint density at radius 3 is 1.45 bits per heavy atom. The number of hydrogen-bond acceptors (Lipinski definition) is 6. The standard InChI is InChI=1S/C15H19ClN2O2.C14H17ClN2O3/c1-10-8-13(4-5-14(10)16)17-6-7-18(11(2)9-17)15(20)12(3)19;1-9-7-11(3-4-12(9)15)16-5-6-17(10(2)8-16)13(18)14(19)20/h4-5,8,11H,6-7,9H2,1-3H3;3-4,7,10H,5-6,8H2,1-2H3,(H,19,20)/t11-;10-/m11/s1. The first-order valence-electron chi connectivity index (χ1n) is 13.2. The number of Topliss-reactive ketones (excluding diaryl/α,β-unsaturated/α-hetero) is 1. The number of carbonyl (C=O) groups is 4. The molecule has 0 bridgehead atoms. The third kappa shape index (κ3) is 7.46. The number of benzene rings is 2. The van der Waals surface area contributed by atoms with Crippen LogP contribution in [-0.2, 0) is 19.2 Å². The highest BCUT2D eigenvalue weighted by Crippen LogP contribution is 2.26. The Balaban J connectivity index is 0.000000220. The lowest BCUT2D eigenvalue weighted by Crippen LogP contribution is -2.55. The molecule has 0 spiro atoms. The highest BCUT2D eigenvalue weighted by Gasteiger charge is 2.31. The van der Waals surface area contributed by atoms with Crippen LogP contribution in [0.25, 0.3) is 0 Å². The summed E-state index contributed by atoms with van der Waals surface area (Å²) in [5, 5.41) is 10.3. The largest absolute Gasteiger partial charge is 0.474 e. The normalized spacial score (nSPS) is 19.1. The first-order chi connectivity index (χ1) is 18.8. The second-order valence-electron chi connectivity index (χ2n) is 10.3. The number of hydrogen-bond donors (Lipinski definition) is 1. The summed E-state index contributed by atoms with van der Waals surface area (Å²) in [4.78, 5) is 52.7. The molecule has 0 saturated carbocycles. The van der Waals surface area contributed by atoms with Gasteiger partial charge in [-0.3, -0.25) is 14.4 Å². The van der Waals surface area contributed by atoms with E-state index in [-0.39, 0.29) is 18.0 Å². The Bertz CT molecular complexity index is 1190. The topological polar surface area (TPSA) is 101 Å². The van der Waals surface area contributed by atoms with E-state index in [1.165, 1.54) is 11.8 Å². The predicted molar refractivity (Wildman–Crippen MR) is 157 cm³/mol. The molecule has 9 nitrogen and oxygen atoms in total. The van der Waals surface area contributed by atoms with Crippen molar-refractivity contribution in [2.24, 2.45) is 0 Å². The highest BCUT2D eigenvalue weighted by atomic mass is 35.5. The first-order valence-corrected chi connectivity index (χ1v) is 13.9. The molecule has 40 heavy (non-hydrogen) atoms. The monoisotopic (exact) mass is 590 g/mol. The van der Waals surface area contributed by atoms with Gasteiger partial charge in [0.05, 0.1) is 0 Å². The number of piperazine rings is 2. The molecule has 2 aliphatic rings. The lowest BCUT2D eigenvalue weighted by Gasteiger charge is -2.40. The predicted octanol–water partition coefficient (Wildman–Crippen LogP) is 4.04. The quantitative estimate of drug-likeness (QED) is 0.538. The van der Waals surface area contributed by atoms with Gasteiger partial charge in [-0.15, -0.1) is 0 Å². The van der Waals surface area contributed by atoms with E-state index >= 15 is 0 Å². The molecule has 0 aliphatic carbocycles. The van der Waals surface area contributed by atoms with Crippen LogP contribution in [0.2, 0.25) is 10.0 Å². The van der Waals surface area contributed by atoms with E-state index in [1.54, 1.807) is 4.90 Å². The van der Waals surface area contributed by atoms with Gasteiger partial charge in [-0.05, 0) is 75.2 Å². The molecule has 2 heterocycles. The molecular weight excluding hydrogens is 555 g/mol. The number of ketones is 1. The highest BCUT2D eigenvalue weighted by molar-refractivity contribution is 6.35. The summed E-state index contributed by atoms with van der Waals surface area (Å²) >= 11 is 12.1. The summed E-state index contributed by atoms with van der Waals surface area (Å²) in [6.45, 7) is 12.7. The van der Waals surface area contributed by atoms with E-state index in [1.807, 2.05) is 58.0 Å². The molecule has 11 heteroatoms. The number of amides is 2. The van der Waals surface area contributed by atoms with Crippen molar-refractivity contribution in [1.82, 2.24) is 9.80 Å². The van der Waals surface area contributed by atoms with Gasteiger partial charge in [0.2, 0.25) is 5.78 Å². The van der Waals surface area contributed by atoms with Gasteiger partial charge in [0.25, 0.3) is 5.91 Å². The van der Waals surface area contributed by atoms with Crippen molar-refractivity contribution in [2.75, 3.05) is 49.1 Å². The molecule has 2 saturated heterocycles. The molecule has 216 valence electrons. The maximum atomic E-state index is 11.8. The smallest absolute Gasteiger partial charge is 0.394 e. The van der Waals surface area contributed by atoms with Crippen LogP contribution in [-0.4, -0.2) is 89.8 Å². The van der Waals surface area contributed by atoms with Crippen LogP contribution < -0.4 is 9.80 Å². The number of carboxylic acids is 1. The Labute approximate surface area is 245 Å². The lowest BCUT2D eigenvalue weighted by molar-refractivity contribution is -0.157. The van der Waals surface area contributed by atoms with E-state index in [0.29, 0.717) is 26.2 Å². The fourth-order valence-electron chi connectivity index (χ4n) is 4.96. The molecule has 4 rings (SSSR count). The average molecular weight is 592 g/mol. The lowest BCUT2D eigenvalue weighted by atomic mass is 10.1. The summed E-state index contributed by atoms with van der Waals surface area (Å²) in [6.07, 6.45) is 0. The molecular formula is C29H36Cl2N4O5. The number of aryl methyl sites for hydroxylation is 2. The van der Waals surface area contributed by atoms with Crippen LogP contribution >= 0.6 is 23.2 Å². The maximum absolute atomic E-state index is 11.8. The number of aliphatic carboxylic acids is 1. The third-order valence-electron chi connectivity index (χ3n) is 7.27. The van der Waals surface area contributed by atoms with E-state index < -0.39 is 17.7 Å². The van der Waals surface area contributed by atoms with E-state index in [0.717, 1.165) is 45.6 Å². The fourth-order valence-corrected chi connectivity index (χ4v) is 5.20. The number of nitrogens with zero attached hydrogens (tertiary/aromatic N) is 4. The van der Waals surface area contributed by atoms with Crippen LogP contribution in [0.4, 0.5) is 11.4 Å². The molecule has 2 atom stereocenters. The Morgan fingerprint density at radius 1 is 0.725 bits per heavy atom. The first kappa shape index (κ1) is 31.2. The van der Waals surface area contributed by atoms with Gasteiger partial charge in [-0.25, -0.2) is 4.79 Å². The number of anilines is 2. The van der Waals surface area contributed by atoms with Crippen molar-refractivity contribution >= 4 is 58.1 Å². The number of carbonyl (C=O) groups excluding carboxylic acids is 3. The molecule has 0 radical (unpaired) electrons. The van der Waals surface area contributed by atoms with Crippen molar-refractivity contribution < 1.29 is 24.3 Å². The van der Waals surface area contributed by atoms with Crippen molar-refractivity contribution in [3.63, 3.8) is 0 Å². The van der Waals surface area contributed by atoms with Crippen LogP contribution in [0.1, 0.15) is 31.9 Å². The van der Waals surface area contributed by atoms with E-state index in [4.69, 9.17) is 28.3 Å². The molecule has 2 aromatic carbocycles. The molecule has 2 amide bonds. The van der Waals surface area contributed by atoms with Gasteiger partial charge in [0.1, 0.15) is 0 Å². The van der Waals surface area contributed by atoms with Crippen LogP contribution in [0, 0.1) is 13.8 Å². The molecule has 0 unspecified atom stereocenters. The van der Waals surface area contributed by atoms with Gasteiger partial charge in [-0.2, -0.15) is 0 Å². The van der Waals surface area contributed by atoms with Crippen LogP contribution in [0.5, 0.6) is 0 Å². The fraction of sp³-hybridized carbons (Fsp3) is 0.448. The number of rotatable bonds is 3. The zero-order chi connectivity index (χ0) is 29.7. The van der Waals surface area contributed by atoms with Crippen molar-refractivity contribution in [3.05, 3.63) is 57.6 Å². The van der Waals surface area contributed by atoms with Crippen LogP contribution in [0.3, 0.4) is 0 Å². The van der Waals surface area contributed by atoms with E-state index in [2.05, 4.69) is 15.9 Å². The minimum Gasteiger partial charge on any atom is -0.474 e. The third-order valence-corrected chi connectivity index (χ3v) is 8.12. The summed E-state index contributed by atoms with van der Waals surface area (Å²) in [5.74, 6) is -3.01. The molecule has 2 fully saturated rings. The molecule has 2 aliphatic heterocycles. The van der Waals surface area contributed by atoms with Crippen molar-refractivity contribution in [2.45, 2.75) is 46.7 Å². The van der Waals surface area contributed by atoms with E-state index in [9.17, 15) is 19.2 Å². The van der Waals surface area contributed by atoms with Crippen molar-refractivity contribution in [1.29, 1.82) is 0 Å². The number of carboxylic acid groups (broad SMARTS) is 1. The summed E-state index contributed by atoms with van der Waals surface area (Å²) in [5.41, 5.74) is 4.19. The van der Waals surface area contributed by atoms with Crippen LogP contribution in [0.15, 0.2) is 36.4 Å². The van der Waals surface area contributed by atoms with Gasteiger partial charge in [0.15, 0.2) is 0 Å². The summed E-state index contributed by atoms with van der Waals surface area (Å²) in [7, 11) is 0. The van der Waals surface area contributed by atoms with Gasteiger partial charge >= 0.3 is 11.9 Å². The van der Waals surface area contributed by atoms with Gasteiger partial charge in [0, 0.05) is 79.7 Å². The zero-order valence-corrected chi connectivity index (χ0v) is 25.0. The molecule has 1 N–H and O–H groups in total. The zero-order valence-electron chi connectivity index (χ0n) is 23.5. The Hall–Kier alpha value is -3.30. The second kappa shape index (κ2) is 13.4. The molecule has 2 aromatic rings. The minimum absolute atomic E-state index is 0.0242. The second-order valence-corrected chi connectivity index (χ2v) is 11.1. The SMILES string of the molecule is CC(=O)C(=O)N1CCN(c2ccc(Cl)c(C)c2)C[C@H]1C.Cc1cc(N2CCN(C(=O)C(=O)O)[C@H](C)C2)ccc1Cl. The average Bonchev–Trinajstić information content (AvgIpc) is 2.91. The Kier molecular flexibility index (Phi) is 10.4. The summed E-state index contributed by atoms with van der Waals surface area (Å²) in [6, 6.07) is 11.6. The van der Waals surface area contributed by atoms with Gasteiger partial charge < -0.3 is 24.7 Å². The molecule has 0 aromatic heterocycles. The number of halogens is 2. The summed E-state index contributed by atoms with van der Waals surface area (Å²) < 4.78 is 0. The van der Waals surface area contributed by atoms with Crippen molar-refractivity contribution in [3.8, 4) is 0 Å². The van der Waals surface area contributed by atoms with Gasteiger partial charge in [-0.1, -0.05) is 23.2 Å². The Morgan fingerprint density at radius 2 is 1.12 bits per heavy atom. The maximum Gasteiger partial charge on any atom is 0.394 e. The minimum atomic E-state index is -1.40.